The molecular weight excluding hydrogens is 391 g/mol. The number of hydrogen-bond donors (Lipinski definition) is 0. The van der Waals surface area contributed by atoms with Crippen molar-refractivity contribution >= 4 is 18.9 Å². The van der Waals surface area contributed by atoms with Gasteiger partial charge in [-0.3, -0.25) is 0 Å². The SMILES string of the molecule is CCCCCCCC[PH](CCCCl)(CCCCCCCC)CCCCCCCC. The van der Waals surface area contributed by atoms with Gasteiger partial charge in [-0.2, -0.15) is 0 Å². The van der Waals surface area contributed by atoms with Crippen LogP contribution in [-0.2, 0) is 0 Å². The molecule has 0 bridgehead atoms. The van der Waals surface area contributed by atoms with Crippen molar-refractivity contribution in [1.29, 1.82) is 0 Å². The van der Waals surface area contributed by atoms with Gasteiger partial charge in [0.25, 0.3) is 0 Å². The third-order valence-corrected chi connectivity index (χ3v) is 12.9. The van der Waals surface area contributed by atoms with E-state index in [-0.39, 0.29) is 0 Å². The fraction of sp³-hybridized carbons (Fsp3) is 1.00. The number of alkyl halides is 1. The van der Waals surface area contributed by atoms with E-state index in [1.807, 2.05) is 0 Å². The van der Waals surface area contributed by atoms with Crippen LogP contribution in [0.4, 0.5) is 0 Å². The molecule has 0 saturated carbocycles. The summed E-state index contributed by atoms with van der Waals surface area (Å²) in [6, 6.07) is 0. The van der Waals surface area contributed by atoms with Crippen molar-refractivity contribution < 1.29 is 0 Å². The van der Waals surface area contributed by atoms with Gasteiger partial charge < -0.3 is 0 Å². The fourth-order valence-corrected chi connectivity index (χ4v) is 10.8. The Morgan fingerprint density at radius 2 is 0.655 bits per heavy atom. The number of hydrogen-bond acceptors (Lipinski definition) is 0. The molecule has 0 heterocycles. The van der Waals surface area contributed by atoms with E-state index in [4.69, 9.17) is 11.6 Å². The van der Waals surface area contributed by atoms with E-state index in [9.17, 15) is 0 Å². The third kappa shape index (κ3) is 19.2. The zero-order chi connectivity index (χ0) is 21.5. The van der Waals surface area contributed by atoms with Gasteiger partial charge in [-0.25, -0.2) is 0 Å². The van der Waals surface area contributed by atoms with Crippen LogP contribution in [0.1, 0.15) is 143 Å². The second kappa shape index (κ2) is 23.4. The Morgan fingerprint density at radius 1 is 0.379 bits per heavy atom. The standard InChI is InChI=1S/C27H58ClP/c1-4-7-10-13-16-19-24-29(27-22-23-28,25-20-17-14-11-8-5-2)26-21-18-15-12-9-6-3/h29H,4-27H2,1-3H3. The van der Waals surface area contributed by atoms with Gasteiger partial charge >= 0.3 is 192 Å². The maximum absolute atomic E-state index is 6.19. The van der Waals surface area contributed by atoms with Crippen LogP contribution >= 0.6 is 18.9 Å². The van der Waals surface area contributed by atoms with Gasteiger partial charge in [-0.1, -0.05) is 0 Å². The van der Waals surface area contributed by atoms with Crippen molar-refractivity contribution in [3.63, 3.8) is 0 Å². The Bertz CT molecular complexity index is 264. The molecule has 0 nitrogen and oxygen atoms in total. The topological polar surface area (TPSA) is 0 Å². The molecule has 0 aliphatic rings. The van der Waals surface area contributed by atoms with Gasteiger partial charge in [0.15, 0.2) is 0 Å². The van der Waals surface area contributed by atoms with E-state index in [1.165, 1.54) is 128 Å². The Hall–Kier alpha value is 0.720. The van der Waals surface area contributed by atoms with Crippen LogP contribution < -0.4 is 0 Å². The fourth-order valence-electron chi connectivity index (χ4n) is 5.03. The summed E-state index contributed by atoms with van der Waals surface area (Å²) in [6.45, 7) is 6.97. The van der Waals surface area contributed by atoms with Crippen LogP contribution in [0.25, 0.3) is 0 Å². The molecule has 0 fully saturated rings. The average Bonchev–Trinajstić information content (AvgIpc) is 2.74. The molecule has 178 valence electrons. The first-order chi connectivity index (χ1) is 14.2. The van der Waals surface area contributed by atoms with Crippen LogP contribution in [0.5, 0.6) is 0 Å². The molecule has 0 aliphatic heterocycles. The van der Waals surface area contributed by atoms with Gasteiger partial charge in [0, 0.05) is 0 Å². The average molecular weight is 449 g/mol. The first-order valence-electron chi connectivity index (χ1n) is 13.8. The van der Waals surface area contributed by atoms with E-state index < -0.39 is 7.26 Å². The first kappa shape index (κ1) is 29.7. The van der Waals surface area contributed by atoms with E-state index in [0.29, 0.717) is 0 Å². The molecule has 0 aromatic heterocycles. The van der Waals surface area contributed by atoms with Gasteiger partial charge in [0.1, 0.15) is 0 Å². The molecule has 0 rings (SSSR count). The van der Waals surface area contributed by atoms with Crippen LogP contribution in [0.15, 0.2) is 0 Å². The van der Waals surface area contributed by atoms with Crippen LogP contribution in [-0.4, -0.2) is 30.5 Å². The molecule has 0 N–H and O–H groups in total. The van der Waals surface area contributed by atoms with Gasteiger partial charge in [-0.15, -0.1) is 0 Å². The van der Waals surface area contributed by atoms with Crippen molar-refractivity contribution in [2.45, 2.75) is 143 Å². The minimum absolute atomic E-state index is 0.887. The normalized spacial score (nSPS) is 12.6. The molecule has 0 saturated heterocycles. The van der Waals surface area contributed by atoms with Crippen molar-refractivity contribution in [2.24, 2.45) is 0 Å². The zero-order valence-electron chi connectivity index (χ0n) is 20.8. The van der Waals surface area contributed by atoms with E-state index in [2.05, 4.69) is 20.8 Å². The molecule has 2 heteroatoms. The number of unbranched alkanes of at least 4 members (excludes halogenated alkanes) is 15. The second-order valence-electron chi connectivity index (χ2n) is 9.85. The summed E-state index contributed by atoms with van der Waals surface area (Å²) in [7, 11) is -1.11. The molecule has 0 aromatic carbocycles. The van der Waals surface area contributed by atoms with Crippen molar-refractivity contribution in [1.82, 2.24) is 0 Å². The van der Waals surface area contributed by atoms with Crippen molar-refractivity contribution in [2.75, 3.05) is 30.5 Å². The predicted molar refractivity (Wildman–Crippen MR) is 143 cm³/mol. The predicted octanol–water partition coefficient (Wildman–Crippen LogP) is 10.4. The minimum atomic E-state index is -1.11. The Morgan fingerprint density at radius 3 is 0.966 bits per heavy atom. The van der Waals surface area contributed by atoms with E-state index in [1.54, 1.807) is 18.5 Å². The zero-order valence-corrected chi connectivity index (χ0v) is 22.6. The Labute approximate surface area is 192 Å². The molecule has 0 aliphatic carbocycles. The summed E-state index contributed by atoms with van der Waals surface area (Å²) in [5.74, 6) is 0.887. The van der Waals surface area contributed by atoms with E-state index in [0.717, 1.165) is 5.88 Å². The Kier molecular flexibility index (Phi) is 24.0. The molecule has 29 heavy (non-hydrogen) atoms. The van der Waals surface area contributed by atoms with Gasteiger partial charge in [0.2, 0.25) is 0 Å². The molecular formula is C27H58ClP. The molecule has 0 aromatic rings. The van der Waals surface area contributed by atoms with Gasteiger partial charge in [-0.05, 0) is 0 Å². The number of halogens is 1. The van der Waals surface area contributed by atoms with E-state index >= 15 is 0 Å². The summed E-state index contributed by atoms with van der Waals surface area (Å²) < 4.78 is 0. The summed E-state index contributed by atoms with van der Waals surface area (Å²) in [5, 5.41) is 0. The monoisotopic (exact) mass is 448 g/mol. The maximum atomic E-state index is 6.19. The first-order valence-corrected chi connectivity index (χ1v) is 17.2. The van der Waals surface area contributed by atoms with Crippen molar-refractivity contribution in [3.05, 3.63) is 0 Å². The molecule has 0 unspecified atom stereocenters. The van der Waals surface area contributed by atoms with Crippen molar-refractivity contribution in [3.8, 4) is 0 Å². The van der Waals surface area contributed by atoms with Crippen LogP contribution in [0.2, 0.25) is 0 Å². The van der Waals surface area contributed by atoms with Crippen LogP contribution in [0, 0.1) is 0 Å². The second-order valence-corrected chi connectivity index (χ2v) is 15.2. The number of rotatable bonds is 24. The summed E-state index contributed by atoms with van der Waals surface area (Å²) in [4.78, 5) is 0. The van der Waals surface area contributed by atoms with Crippen LogP contribution in [0.3, 0.4) is 0 Å². The summed E-state index contributed by atoms with van der Waals surface area (Å²) in [5.41, 5.74) is 0. The molecule has 0 atom stereocenters. The quantitative estimate of drug-likeness (QED) is 0.0781. The molecule has 0 radical (unpaired) electrons. The van der Waals surface area contributed by atoms with Gasteiger partial charge in [0.05, 0.1) is 0 Å². The third-order valence-electron chi connectivity index (χ3n) is 7.02. The molecule has 0 amide bonds. The summed E-state index contributed by atoms with van der Waals surface area (Å²) >= 11 is 6.19. The summed E-state index contributed by atoms with van der Waals surface area (Å²) in [6.07, 6.45) is 33.9. The molecule has 0 spiro atoms. The Balaban J connectivity index is 4.52.